The third-order valence-corrected chi connectivity index (χ3v) is 3.30. The molecule has 0 radical (unpaired) electrons. The van der Waals surface area contributed by atoms with Gasteiger partial charge in [-0.25, -0.2) is 0 Å². The van der Waals surface area contributed by atoms with E-state index in [1.165, 1.54) is 0 Å². The minimum absolute atomic E-state index is 0.00210. The second-order valence-corrected chi connectivity index (χ2v) is 4.74. The number of halogens is 1. The van der Waals surface area contributed by atoms with E-state index in [1.54, 1.807) is 23.9 Å². The Labute approximate surface area is 97.6 Å². The van der Waals surface area contributed by atoms with Crippen molar-refractivity contribution in [3.63, 3.8) is 0 Å². The topological polar surface area (TPSA) is 41.1 Å². The van der Waals surface area contributed by atoms with E-state index in [9.17, 15) is 4.79 Å². The van der Waals surface area contributed by atoms with Crippen LogP contribution < -0.4 is 10.6 Å². The van der Waals surface area contributed by atoms with Crippen molar-refractivity contribution in [3.05, 3.63) is 29.3 Å². The van der Waals surface area contributed by atoms with E-state index in [4.69, 9.17) is 11.6 Å². The van der Waals surface area contributed by atoms with E-state index in [0.29, 0.717) is 5.02 Å². The predicted octanol–water partition coefficient (Wildman–Crippen LogP) is 1.94. The van der Waals surface area contributed by atoms with Gasteiger partial charge in [0.25, 0.3) is 0 Å². The van der Waals surface area contributed by atoms with E-state index in [2.05, 4.69) is 10.6 Å². The summed E-state index contributed by atoms with van der Waals surface area (Å²) in [5.74, 6) is 1.67. The first-order chi connectivity index (χ1) is 7.25. The van der Waals surface area contributed by atoms with Crippen molar-refractivity contribution in [1.29, 1.82) is 0 Å². The SMILES string of the molecule is O=C(Nc1cccc(Cl)c1)[C@H]1CSCN1. The van der Waals surface area contributed by atoms with Gasteiger partial charge < -0.3 is 5.32 Å². The standard InChI is InChI=1S/C10H11ClN2OS/c11-7-2-1-3-8(4-7)13-10(14)9-5-15-6-12-9/h1-4,9,12H,5-6H2,(H,13,14)/t9-/m1/s1. The Kier molecular flexibility index (Phi) is 3.51. The highest BCUT2D eigenvalue weighted by Crippen LogP contribution is 2.16. The van der Waals surface area contributed by atoms with Gasteiger partial charge in [-0.15, -0.1) is 11.8 Å². The number of nitrogens with one attached hydrogen (secondary N) is 2. The molecular formula is C10H11ClN2OS. The molecule has 0 saturated carbocycles. The van der Waals surface area contributed by atoms with Crippen LogP contribution in [-0.4, -0.2) is 23.6 Å². The van der Waals surface area contributed by atoms with Gasteiger partial charge in [-0.3, -0.25) is 10.1 Å². The zero-order valence-corrected chi connectivity index (χ0v) is 9.57. The van der Waals surface area contributed by atoms with E-state index in [-0.39, 0.29) is 11.9 Å². The largest absolute Gasteiger partial charge is 0.325 e. The molecule has 5 heteroatoms. The predicted molar refractivity (Wildman–Crippen MR) is 64.3 cm³/mol. The third kappa shape index (κ3) is 2.87. The number of amides is 1. The average molecular weight is 243 g/mol. The number of anilines is 1. The van der Waals surface area contributed by atoms with E-state index < -0.39 is 0 Å². The first kappa shape index (κ1) is 10.8. The summed E-state index contributed by atoms with van der Waals surface area (Å²) in [6.07, 6.45) is 0. The lowest BCUT2D eigenvalue weighted by atomic mass is 10.3. The molecule has 2 N–H and O–H groups in total. The molecule has 15 heavy (non-hydrogen) atoms. The molecule has 3 nitrogen and oxygen atoms in total. The zero-order valence-electron chi connectivity index (χ0n) is 8.00. The summed E-state index contributed by atoms with van der Waals surface area (Å²) in [4.78, 5) is 11.7. The van der Waals surface area contributed by atoms with Crippen LogP contribution in [-0.2, 0) is 4.79 Å². The number of rotatable bonds is 2. The van der Waals surface area contributed by atoms with Crippen LogP contribution in [0.1, 0.15) is 0 Å². The molecule has 1 saturated heterocycles. The molecule has 2 rings (SSSR count). The molecule has 1 aromatic rings. The van der Waals surface area contributed by atoms with Gasteiger partial charge in [-0.05, 0) is 18.2 Å². The molecule has 1 atom stereocenters. The summed E-state index contributed by atoms with van der Waals surface area (Å²) in [6.45, 7) is 0. The fourth-order valence-electron chi connectivity index (χ4n) is 1.36. The summed E-state index contributed by atoms with van der Waals surface area (Å²) >= 11 is 7.54. The molecule has 0 unspecified atom stereocenters. The maximum atomic E-state index is 11.7. The van der Waals surface area contributed by atoms with Crippen molar-refractivity contribution in [2.24, 2.45) is 0 Å². The summed E-state index contributed by atoms with van der Waals surface area (Å²) in [5, 5.41) is 6.56. The first-order valence-electron chi connectivity index (χ1n) is 4.63. The van der Waals surface area contributed by atoms with Gasteiger partial charge >= 0.3 is 0 Å². The Morgan fingerprint density at radius 1 is 1.60 bits per heavy atom. The fraction of sp³-hybridized carbons (Fsp3) is 0.300. The summed E-state index contributed by atoms with van der Waals surface area (Å²) < 4.78 is 0. The highest BCUT2D eigenvalue weighted by molar-refractivity contribution is 7.99. The maximum Gasteiger partial charge on any atom is 0.242 e. The summed E-state index contributed by atoms with van der Waals surface area (Å²) in [5.41, 5.74) is 0.742. The minimum Gasteiger partial charge on any atom is -0.325 e. The minimum atomic E-state index is -0.0889. The molecule has 0 spiro atoms. The lowest BCUT2D eigenvalue weighted by molar-refractivity contribution is -0.117. The Hall–Kier alpha value is -0.710. The van der Waals surface area contributed by atoms with Gasteiger partial charge in [-0.1, -0.05) is 17.7 Å². The smallest absolute Gasteiger partial charge is 0.242 e. The Balaban J connectivity index is 1.99. The quantitative estimate of drug-likeness (QED) is 0.833. The van der Waals surface area contributed by atoms with Crippen LogP contribution in [0.2, 0.25) is 5.02 Å². The van der Waals surface area contributed by atoms with Crippen LogP contribution in [0.3, 0.4) is 0 Å². The Bertz CT molecular complexity index is 366. The highest BCUT2D eigenvalue weighted by atomic mass is 35.5. The van der Waals surface area contributed by atoms with Crippen molar-refractivity contribution >= 4 is 35.0 Å². The van der Waals surface area contributed by atoms with Crippen LogP contribution >= 0.6 is 23.4 Å². The number of benzene rings is 1. The normalized spacial score (nSPS) is 20.2. The summed E-state index contributed by atoms with van der Waals surface area (Å²) in [6, 6.07) is 7.07. The second kappa shape index (κ2) is 4.88. The highest BCUT2D eigenvalue weighted by Gasteiger charge is 2.22. The molecule has 1 amide bonds. The van der Waals surface area contributed by atoms with E-state index >= 15 is 0 Å². The molecule has 0 aromatic heterocycles. The van der Waals surface area contributed by atoms with Crippen LogP contribution in [0.15, 0.2) is 24.3 Å². The lowest BCUT2D eigenvalue weighted by Gasteiger charge is -2.10. The van der Waals surface area contributed by atoms with Crippen molar-refractivity contribution < 1.29 is 4.79 Å². The second-order valence-electron chi connectivity index (χ2n) is 3.27. The van der Waals surface area contributed by atoms with Gasteiger partial charge in [-0.2, -0.15) is 0 Å². The zero-order chi connectivity index (χ0) is 10.7. The fourth-order valence-corrected chi connectivity index (χ4v) is 2.49. The van der Waals surface area contributed by atoms with Gasteiger partial charge in [0.15, 0.2) is 0 Å². The van der Waals surface area contributed by atoms with Gasteiger partial charge in [0.05, 0.1) is 6.04 Å². The van der Waals surface area contributed by atoms with E-state index in [1.807, 2.05) is 12.1 Å². The molecule has 1 heterocycles. The first-order valence-corrected chi connectivity index (χ1v) is 6.16. The van der Waals surface area contributed by atoms with E-state index in [0.717, 1.165) is 17.3 Å². The van der Waals surface area contributed by atoms with Crippen LogP contribution in [0.5, 0.6) is 0 Å². The molecule has 1 fully saturated rings. The molecule has 0 aliphatic carbocycles. The number of hydrogen-bond donors (Lipinski definition) is 2. The van der Waals surface area contributed by atoms with Crippen molar-refractivity contribution in [3.8, 4) is 0 Å². The van der Waals surface area contributed by atoms with Crippen molar-refractivity contribution in [2.45, 2.75) is 6.04 Å². The number of thioether (sulfide) groups is 1. The average Bonchev–Trinajstić information content (AvgIpc) is 2.70. The van der Waals surface area contributed by atoms with Gasteiger partial charge in [0, 0.05) is 22.3 Å². The van der Waals surface area contributed by atoms with Gasteiger partial charge in [0.2, 0.25) is 5.91 Å². The molecule has 1 aliphatic heterocycles. The van der Waals surface area contributed by atoms with Crippen molar-refractivity contribution in [2.75, 3.05) is 16.9 Å². The van der Waals surface area contributed by atoms with Crippen molar-refractivity contribution in [1.82, 2.24) is 5.32 Å². The van der Waals surface area contributed by atoms with Gasteiger partial charge in [0.1, 0.15) is 0 Å². The monoisotopic (exact) mass is 242 g/mol. The van der Waals surface area contributed by atoms with Crippen LogP contribution in [0.25, 0.3) is 0 Å². The lowest BCUT2D eigenvalue weighted by Crippen LogP contribution is -2.37. The molecule has 1 aliphatic rings. The molecule has 1 aromatic carbocycles. The Morgan fingerprint density at radius 2 is 2.47 bits per heavy atom. The third-order valence-electron chi connectivity index (χ3n) is 2.12. The summed E-state index contributed by atoms with van der Waals surface area (Å²) in [7, 11) is 0. The maximum absolute atomic E-state index is 11.7. The molecular weight excluding hydrogens is 232 g/mol. The Morgan fingerprint density at radius 3 is 3.13 bits per heavy atom. The van der Waals surface area contributed by atoms with Crippen LogP contribution in [0, 0.1) is 0 Å². The number of carbonyl (C=O) groups excluding carboxylic acids is 1. The molecule has 0 bridgehead atoms. The molecule has 80 valence electrons. The van der Waals surface area contributed by atoms with Crippen LogP contribution in [0.4, 0.5) is 5.69 Å². The number of hydrogen-bond acceptors (Lipinski definition) is 3. The number of carbonyl (C=O) groups is 1.